The highest BCUT2D eigenvalue weighted by Gasteiger charge is 2.21. The van der Waals surface area contributed by atoms with Crippen molar-refractivity contribution >= 4 is 39.9 Å². The lowest BCUT2D eigenvalue weighted by Gasteiger charge is -2.16. The van der Waals surface area contributed by atoms with Crippen molar-refractivity contribution < 1.29 is 19.1 Å². The van der Waals surface area contributed by atoms with Crippen molar-refractivity contribution in [2.75, 3.05) is 23.4 Å². The lowest BCUT2D eigenvalue weighted by molar-refractivity contribution is -0.119. The molecule has 146 valence electrons. The number of benzene rings is 3. The zero-order chi connectivity index (χ0) is 20.2. The van der Waals surface area contributed by atoms with E-state index in [0.717, 1.165) is 29.4 Å². The number of nitrogens with zero attached hydrogens (tertiary/aromatic N) is 1. The van der Waals surface area contributed by atoms with Gasteiger partial charge in [0.1, 0.15) is 0 Å². The van der Waals surface area contributed by atoms with Crippen molar-refractivity contribution in [2.24, 2.45) is 0 Å². The third kappa shape index (κ3) is 4.27. The summed E-state index contributed by atoms with van der Waals surface area (Å²) in [4.78, 5) is 37.8. The first-order valence-corrected chi connectivity index (χ1v) is 9.46. The van der Waals surface area contributed by atoms with Crippen molar-refractivity contribution in [3.8, 4) is 0 Å². The van der Waals surface area contributed by atoms with Crippen molar-refractivity contribution in [1.82, 2.24) is 0 Å². The van der Waals surface area contributed by atoms with Crippen LogP contribution in [0.1, 0.15) is 23.2 Å². The molecule has 0 saturated carbocycles. The molecule has 0 atom stereocenters. The summed E-state index contributed by atoms with van der Waals surface area (Å²) >= 11 is 0. The van der Waals surface area contributed by atoms with Gasteiger partial charge in [-0.25, -0.2) is 4.79 Å². The first kappa shape index (κ1) is 18.7. The third-order valence-electron chi connectivity index (χ3n) is 4.86. The molecular weight excluding hydrogens is 368 g/mol. The number of esters is 1. The molecule has 0 aromatic heterocycles. The summed E-state index contributed by atoms with van der Waals surface area (Å²) in [5.74, 6) is -0.861. The average Bonchev–Trinajstić information content (AvgIpc) is 3.18. The van der Waals surface area contributed by atoms with Gasteiger partial charge in [-0.3, -0.25) is 9.59 Å². The number of anilines is 2. The maximum Gasteiger partial charge on any atom is 0.338 e. The van der Waals surface area contributed by atoms with Crippen LogP contribution in [-0.2, 0) is 14.3 Å². The van der Waals surface area contributed by atoms with Gasteiger partial charge in [0.05, 0.1) is 5.56 Å². The Bertz CT molecular complexity index is 1080. The van der Waals surface area contributed by atoms with Gasteiger partial charge in [0.2, 0.25) is 5.91 Å². The maximum absolute atomic E-state index is 12.2. The number of hydrogen-bond donors (Lipinski definition) is 1. The lowest BCUT2D eigenvalue weighted by Crippen LogP contribution is -2.23. The Kier molecular flexibility index (Phi) is 5.24. The van der Waals surface area contributed by atoms with E-state index >= 15 is 0 Å². The topological polar surface area (TPSA) is 75.7 Å². The SMILES string of the molecule is O=C(COC(=O)c1ccc2ccccc2c1)Nc1ccc(N2CCCC2=O)cc1. The highest BCUT2D eigenvalue weighted by atomic mass is 16.5. The highest BCUT2D eigenvalue weighted by Crippen LogP contribution is 2.23. The normalized spacial score (nSPS) is 13.5. The average molecular weight is 388 g/mol. The second-order valence-corrected chi connectivity index (χ2v) is 6.88. The van der Waals surface area contributed by atoms with Crippen molar-refractivity contribution in [1.29, 1.82) is 0 Å². The second kappa shape index (κ2) is 8.14. The predicted octanol–water partition coefficient (Wildman–Crippen LogP) is 3.76. The number of nitrogens with one attached hydrogen (secondary N) is 1. The molecule has 4 rings (SSSR count). The first-order chi connectivity index (χ1) is 14.1. The first-order valence-electron chi connectivity index (χ1n) is 9.46. The van der Waals surface area contributed by atoms with Gasteiger partial charge in [0.15, 0.2) is 6.61 Å². The van der Waals surface area contributed by atoms with E-state index in [1.165, 1.54) is 0 Å². The molecule has 0 aliphatic carbocycles. The highest BCUT2D eigenvalue weighted by molar-refractivity contribution is 5.98. The Balaban J connectivity index is 1.32. The number of carbonyl (C=O) groups excluding carboxylic acids is 3. The van der Waals surface area contributed by atoms with Gasteiger partial charge in [0.25, 0.3) is 5.91 Å². The van der Waals surface area contributed by atoms with E-state index in [-0.39, 0.29) is 12.5 Å². The predicted molar refractivity (Wildman–Crippen MR) is 111 cm³/mol. The van der Waals surface area contributed by atoms with E-state index in [0.29, 0.717) is 17.7 Å². The van der Waals surface area contributed by atoms with Crippen LogP contribution in [0.3, 0.4) is 0 Å². The van der Waals surface area contributed by atoms with E-state index in [4.69, 9.17) is 4.74 Å². The molecule has 1 aliphatic heterocycles. The van der Waals surface area contributed by atoms with Gasteiger partial charge in [-0.05, 0) is 53.6 Å². The Morgan fingerprint density at radius 1 is 0.966 bits per heavy atom. The minimum absolute atomic E-state index is 0.113. The number of fused-ring (bicyclic) bond motifs is 1. The van der Waals surface area contributed by atoms with Crippen LogP contribution in [0.15, 0.2) is 66.7 Å². The van der Waals surface area contributed by atoms with Gasteiger partial charge >= 0.3 is 5.97 Å². The summed E-state index contributed by atoms with van der Waals surface area (Å²) in [6.07, 6.45) is 1.43. The molecule has 0 bridgehead atoms. The molecule has 1 saturated heterocycles. The van der Waals surface area contributed by atoms with Gasteiger partial charge in [-0.1, -0.05) is 30.3 Å². The van der Waals surface area contributed by atoms with Crippen LogP contribution in [0, 0.1) is 0 Å². The summed E-state index contributed by atoms with van der Waals surface area (Å²) in [6.45, 7) is 0.341. The Morgan fingerprint density at radius 2 is 1.72 bits per heavy atom. The van der Waals surface area contributed by atoms with Crippen LogP contribution < -0.4 is 10.2 Å². The number of rotatable bonds is 5. The molecule has 1 fully saturated rings. The molecule has 1 N–H and O–H groups in total. The fraction of sp³-hybridized carbons (Fsp3) is 0.174. The molecular formula is C23H20N2O4. The zero-order valence-corrected chi connectivity index (χ0v) is 15.8. The van der Waals surface area contributed by atoms with Crippen LogP contribution in [-0.4, -0.2) is 30.9 Å². The molecule has 1 heterocycles. The number of ether oxygens (including phenoxy) is 1. The van der Waals surface area contributed by atoms with E-state index < -0.39 is 11.9 Å². The molecule has 0 radical (unpaired) electrons. The van der Waals surface area contributed by atoms with Gasteiger partial charge in [-0.15, -0.1) is 0 Å². The van der Waals surface area contributed by atoms with Gasteiger partial charge < -0.3 is 15.0 Å². The van der Waals surface area contributed by atoms with Crippen LogP contribution in [0.5, 0.6) is 0 Å². The van der Waals surface area contributed by atoms with Crippen LogP contribution in [0.25, 0.3) is 10.8 Å². The number of amides is 2. The summed E-state index contributed by atoms with van der Waals surface area (Å²) in [7, 11) is 0. The van der Waals surface area contributed by atoms with Crippen molar-refractivity contribution in [3.05, 3.63) is 72.3 Å². The lowest BCUT2D eigenvalue weighted by atomic mass is 10.1. The van der Waals surface area contributed by atoms with Crippen LogP contribution >= 0.6 is 0 Å². The zero-order valence-electron chi connectivity index (χ0n) is 15.8. The van der Waals surface area contributed by atoms with Gasteiger partial charge in [-0.2, -0.15) is 0 Å². The number of hydrogen-bond acceptors (Lipinski definition) is 4. The van der Waals surface area contributed by atoms with Crippen molar-refractivity contribution in [2.45, 2.75) is 12.8 Å². The summed E-state index contributed by atoms with van der Waals surface area (Å²) in [6, 6.07) is 20.0. The quantitative estimate of drug-likeness (QED) is 0.675. The summed E-state index contributed by atoms with van der Waals surface area (Å²) in [5, 5.41) is 4.65. The van der Waals surface area contributed by atoms with Crippen molar-refractivity contribution in [3.63, 3.8) is 0 Å². The molecule has 0 unspecified atom stereocenters. The largest absolute Gasteiger partial charge is 0.452 e. The van der Waals surface area contributed by atoms with E-state index in [1.54, 1.807) is 41.3 Å². The van der Waals surface area contributed by atoms with Gasteiger partial charge in [0, 0.05) is 24.3 Å². The molecule has 3 aromatic rings. The molecule has 6 nitrogen and oxygen atoms in total. The van der Waals surface area contributed by atoms with E-state index in [1.807, 2.05) is 30.3 Å². The fourth-order valence-electron chi connectivity index (χ4n) is 3.37. The monoisotopic (exact) mass is 388 g/mol. The Labute approximate surface area is 168 Å². The Morgan fingerprint density at radius 3 is 2.45 bits per heavy atom. The smallest absolute Gasteiger partial charge is 0.338 e. The maximum atomic E-state index is 12.2. The molecule has 3 aromatic carbocycles. The van der Waals surface area contributed by atoms with E-state index in [9.17, 15) is 14.4 Å². The number of carbonyl (C=O) groups is 3. The van der Waals surface area contributed by atoms with Crippen LogP contribution in [0.2, 0.25) is 0 Å². The third-order valence-corrected chi connectivity index (χ3v) is 4.86. The summed E-state index contributed by atoms with van der Waals surface area (Å²) < 4.78 is 5.13. The minimum Gasteiger partial charge on any atom is -0.452 e. The fourth-order valence-corrected chi connectivity index (χ4v) is 3.37. The molecule has 0 spiro atoms. The molecule has 2 amide bonds. The second-order valence-electron chi connectivity index (χ2n) is 6.88. The molecule has 29 heavy (non-hydrogen) atoms. The summed E-state index contributed by atoms with van der Waals surface area (Å²) in [5.41, 5.74) is 1.79. The standard InChI is InChI=1S/C23H20N2O4/c26-21(24-19-9-11-20(12-10-19)25-13-3-6-22(25)27)15-29-23(28)18-8-7-16-4-1-2-5-17(16)14-18/h1-2,4-5,7-12,14H,3,6,13,15H2,(H,24,26). The molecule has 6 heteroatoms. The Hall–Kier alpha value is -3.67. The minimum atomic E-state index is -0.547. The van der Waals surface area contributed by atoms with Crippen LogP contribution in [0.4, 0.5) is 11.4 Å². The molecule has 1 aliphatic rings. The van der Waals surface area contributed by atoms with E-state index in [2.05, 4.69) is 5.32 Å².